The molecule has 7 heteroatoms. The van der Waals surface area contributed by atoms with Crippen molar-refractivity contribution in [1.29, 1.82) is 0 Å². The molecule has 1 aromatic carbocycles. The van der Waals surface area contributed by atoms with Gasteiger partial charge in [0.25, 0.3) is 0 Å². The molecular weight excluding hydrogens is 346 g/mol. The maximum Gasteiger partial charge on any atom is 0.311 e. The van der Waals surface area contributed by atoms with Crippen molar-refractivity contribution >= 4 is 28.9 Å². The van der Waals surface area contributed by atoms with Crippen LogP contribution in [0.2, 0.25) is 5.02 Å². The maximum atomic E-state index is 12.3. The van der Waals surface area contributed by atoms with Gasteiger partial charge in [-0.15, -0.1) is 11.3 Å². The average Bonchev–Trinajstić information content (AvgIpc) is 3.19. The highest BCUT2D eigenvalue weighted by atomic mass is 35.5. The van der Waals surface area contributed by atoms with Gasteiger partial charge in [0.2, 0.25) is 0 Å². The molecule has 0 aliphatic carbocycles. The Morgan fingerprint density at radius 3 is 2.71 bits per heavy atom. The molecule has 24 heavy (non-hydrogen) atoms. The molecule has 0 amide bonds. The zero-order valence-corrected chi connectivity index (χ0v) is 14.6. The molecule has 0 spiro atoms. The molecule has 0 saturated carbocycles. The van der Waals surface area contributed by atoms with E-state index in [1.54, 1.807) is 34.5 Å². The number of halogens is 1. The van der Waals surface area contributed by atoms with Gasteiger partial charge in [-0.25, -0.2) is 9.67 Å². The van der Waals surface area contributed by atoms with Gasteiger partial charge in [0.15, 0.2) is 0 Å². The second kappa shape index (κ2) is 7.59. The number of thiophene rings is 1. The van der Waals surface area contributed by atoms with Crippen molar-refractivity contribution in [2.75, 3.05) is 0 Å². The lowest BCUT2D eigenvalue weighted by atomic mass is 10.1. The van der Waals surface area contributed by atoms with Gasteiger partial charge in [0.05, 0.1) is 13.0 Å². The summed E-state index contributed by atoms with van der Waals surface area (Å²) in [6.07, 6.45) is 2.87. The first-order valence-corrected chi connectivity index (χ1v) is 8.62. The van der Waals surface area contributed by atoms with Gasteiger partial charge in [-0.3, -0.25) is 4.79 Å². The molecule has 2 heterocycles. The fraction of sp³-hybridized carbons (Fsp3) is 0.235. The Bertz CT molecular complexity index is 800. The fourth-order valence-electron chi connectivity index (χ4n) is 2.31. The molecule has 2 aromatic heterocycles. The highest BCUT2D eigenvalue weighted by Crippen LogP contribution is 2.23. The second-order valence-corrected chi connectivity index (χ2v) is 7.15. The van der Waals surface area contributed by atoms with Crippen LogP contribution in [0.3, 0.4) is 0 Å². The van der Waals surface area contributed by atoms with Gasteiger partial charge in [0, 0.05) is 14.8 Å². The van der Waals surface area contributed by atoms with Crippen molar-refractivity contribution in [2.24, 2.45) is 0 Å². The summed E-state index contributed by atoms with van der Waals surface area (Å²) >= 11 is 7.54. The van der Waals surface area contributed by atoms with Gasteiger partial charge in [-0.1, -0.05) is 23.7 Å². The number of esters is 1. The van der Waals surface area contributed by atoms with Crippen LogP contribution in [0.4, 0.5) is 0 Å². The zero-order chi connectivity index (χ0) is 16.9. The summed E-state index contributed by atoms with van der Waals surface area (Å²) in [5.74, 6) is -0.267. The molecule has 3 aromatic rings. The van der Waals surface area contributed by atoms with E-state index >= 15 is 0 Å². The lowest BCUT2D eigenvalue weighted by Crippen LogP contribution is -2.18. The number of ether oxygens (including phenoxy) is 1. The Labute approximate surface area is 148 Å². The Kier molecular flexibility index (Phi) is 5.27. The van der Waals surface area contributed by atoms with Crippen LogP contribution in [0.5, 0.6) is 0 Å². The van der Waals surface area contributed by atoms with Crippen LogP contribution in [0.15, 0.2) is 49.1 Å². The van der Waals surface area contributed by atoms with Crippen LogP contribution in [-0.4, -0.2) is 20.7 Å². The Morgan fingerprint density at radius 1 is 1.29 bits per heavy atom. The molecule has 0 fully saturated rings. The SMILES string of the molecule is Cc1ccc(CC(=O)O[C@H](Cn2cncn2)c2ccc(Cl)cc2)s1. The summed E-state index contributed by atoms with van der Waals surface area (Å²) in [6.45, 7) is 2.41. The van der Waals surface area contributed by atoms with Crippen LogP contribution in [0, 0.1) is 6.92 Å². The van der Waals surface area contributed by atoms with Crippen LogP contribution in [-0.2, 0) is 22.5 Å². The topological polar surface area (TPSA) is 57.0 Å². The van der Waals surface area contributed by atoms with Gasteiger partial charge in [-0.2, -0.15) is 5.10 Å². The minimum absolute atomic E-state index is 0.264. The highest BCUT2D eigenvalue weighted by molar-refractivity contribution is 7.12. The van der Waals surface area contributed by atoms with E-state index in [4.69, 9.17) is 16.3 Å². The molecule has 5 nitrogen and oxygen atoms in total. The van der Waals surface area contributed by atoms with Gasteiger partial charge >= 0.3 is 5.97 Å². The average molecular weight is 362 g/mol. The zero-order valence-electron chi connectivity index (χ0n) is 13.1. The van der Waals surface area contributed by atoms with Crippen molar-refractivity contribution in [3.05, 3.63) is 69.4 Å². The summed E-state index contributed by atoms with van der Waals surface area (Å²) in [6, 6.07) is 11.2. The minimum Gasteiger partial charge on any atom is -0.455 e. The third-order valence-corrected chi connectivity index (χ3v) is 4.70. The number of hydrogen-bond donors (Lipinski definition) is 0. The van der Waals surface area contributed by atoms with Crippen LogP contribution < -0.4 is 0 Å². The Hall–Kier alpha value is -2.18. The first kappa shape index (κ1) is 16.7. The second-order valence-electron chi connectivity index (χ2n) is 5.34. The van der Waals surface area contributed by atoms with E-state index in [-0.39, 0.29) is 12.4 Å². The first-order valence-electron chi connectivity index (χ1n) is 7.43. The maximum absolute atomic E-state index is 12.3. The van der Waals surface area contributed by atoms with E-state index in [1.807, 2.05) is 31.2 Å². The molecule has 0 aliphatic heterocycles. The number of aryl methyl sites for hydroxylation is 1. The quantitative estimate of drug-likeness (QED) is 0.626. The third-order valence-electron chi connectivity index (χ3n) is 3.45. The van der Waals surface area contributed by atoms with Crippen molar-refractivity contribution in [2.45, 2.75) is 26.0 Å². The summed E-state index contributed by atoms with van der Waals surface area (Å²) < 4.78 is 7.34. The predicted octanol–water partition coefficient (Wildman–Crippen LogP) is 3.83. The fourth-order valence-corrected chi connectivity index (χ4v) is 3.31. The van der Waals surface area contributed by atoms with Crippen LogP contribution in [0.25, 0.3) is 0 Å². The predicted molar refractivity (Wildman–Crippen MR) is 93.1 cm³/mol. The molecule has 0 radical (unpaired) electrons. The summed E-state index contributed by atoms with van der Waals surface area (Å²) in [5.41, 5.74) is 0.866. The molecule has 1 atom stereocenters. The van der Waals surface area contributed by atoms with Crippen molar-refractivity contribution in [3.8, 4) is 0 Å². The van der Waals surface area contributed by atoms with Gasteiger partial charge in [0.1, 0.15) is 18.8 Å². The number of nitrogens with zero attached hydrogens (tertiary/aromatic N) is 3. The standard InChI is InChI=1S/C17H16ClN3O2S/c1-12-2-7-15(24-12)8-17(22)23-16(9-21-11-19-10-20-21)13-3-5-14(18)6-4-13/h2-7,10-11,16H,8-9H2,1H3/t16-/m1/s1. The molecule has 0 unspecified atom stereocenters. The normalized spacial score (nSPS) is 12.1. The Morgan fingerprint density at radius 2 is 2.08 bits per heavy atom. The van der Waals surface area contributed by atoms with E-state index in [2.05, 4.69) is 10.1 Å². The number of benzene rings is 1. The van der Waals surface area contributed by atoms with Crippen LogP contribution in [0.1, 0.15) is 21.4 Å². The smallest absolute Gasteiger partial charge is 0.311 e. The monoisotopic (exact) mass is 361 g/mol. The number of rotatable bonds is 6. The number of aromatic nitrogens is 3. The number of hydrogen-bond acceptors (Lipinski definition) is 5. The minimum atomic E-state index is -0.447. The summed E-state index contributed by atoms with van der Waals surface area (Å²) in [5, 5.41) is 4.72. The van der Waals surface area contributed by atoms with Crippen molar-refractivity contribution < 1.29 is 9.53 Å². The highest BCUT2D eigenvalue weighted by Gasteiger charge is 2.19. The summed E-state index contributed by atoms with van der Waals surface area (Å²) in [4.78, 5) is 18.4. The van der Waals surface area contributed by atoms with Gasteiger partial charge in [-0.05, 0) is 36.8 Å². The molecule has 3 rings (SSSR count). The van der Waals surface area contributed by atoms with E-state index < -0.39 is 6.10 Å². The molecule has 0 bridgehead atoms. The van der Waals surface area contributed by atoms with E-state index in [9.17, 15) is 4.79 Å². The first-order chi connectivity index (χ1) is 11.6. The van der Waals surface area contributed by atoms with E-state index in [0.29, 0.717) is 11.6 Å². The molecular formula is C17H16ClN3O2S. The lowest BCUT2D eigenvalue weighted by Gasteiger charge is -2.18. The van der Waals surface area contributed by atoms with E-state index in [0.717, 1.165) is 10.4 Å². The van der Waals surface area contributed by atoms with E-state index in [1.165, 1.54) is 11.2 Å². The van der Waals surface area contributed by atoms with Crippen molar-refractivity contribution in [1.82, 2.24) is 14.8 Å². The lowest BCUT2D eigenvalue weighted by molar-refractivity contribution is -0.149. The largest absolute Gasteiger partial charge is 0.455 e. The third kappa shape index (κ3) is 4.43. The molecule has 124 valence electrons. The summed E-state index contributed by atoms with van der Waals surface area (Å²) in [7, 11) is 0. The number of carbonyl (C=O) groups excluding carboxylic acids is 1. The molecule has 0 aliphatic rings. The Balaban J connectivity index is 1.73. The van der Waals surface area contributed by atoms with Crippen LogP contribution >= 0.6 is 22.9 Å². The molecule has 0 N–H and O–H groups in total. The van der Waals surface area contributed by atoms with Crippen molar-refractivity contribution in [3.63, 3.8) is 0 Å². The number of carbonyl (C=O) groups is 1. The molecule has 0 saturated heterocycles. The van der Waals surface area contributed by atoms with Gasteiger partial charge < -0.3 is 4.74 Å².